The number of rotatable bonds is 16. The molecule has 4 amide bonds. The van der Waals surface area contributed by atoms with Crippen molar-refractivity contribution in [3.8, 4) is 0 Å². The molecular weight excluding hydrogens is 678 g/mol. The predicted octanol–water partition coefficient (Wildman–Crippen LogP) is 4.64. The summed E-state index contributed by atoms with van der Waals surface area (Å²) in [6.45, 7) is 15.4. The minimum Gasteiger partial charge on any atom is -0.453 e. The van der Waals surface area contributed by atoms with Crippen LogP contribution in [0.15, 0.2) is 71.7 Å². The number of carbonyl (C=O) groups excluding carboxylic acids is 4. The molecule has 0 aromatic heterocycles. The molecule has 0 unspecified atom stereocenters. The monoisotopic (exact) mass is 729 g/mol. The maximum absolute atomic E-state index is 13.9. The summed E-state index contributed by atoms with van der Waals surface area (Å²) in [6, 6.07) is 15.0. The van der Waals surface area contributed by atoms with Crippen LogP contribution in [0.5, 0.6) is 0 Å². The number of carbonyl (C=O) groups is 4. The molecule has 0 aliphatic carbocycles. The number of methoxy groups -OCH3 is 1. The zero-order valence-corrected chi connectivity index (χ0v) is 30.8. The van der Waals surface area contributed by atoms with Crippen molar-refractivity contribution in [1.29, 1.82) is 0 Å². The second-order valence-electron chi connectivity index (χ2n) is 14.1. The molecule has 0 aliphatic rings. The highest BCUT2D eigenvalue weighted by Crippen LogP contribution is 2.25. The van der Waals surface area contributed by atoms with Crippen molar-refractivity contribution in [2.45, 2.75) is 85.0 Å². The third-order valence-electron chi connectivity index (χ3n) is 7.74. The maximum Gasteiger partial charge on any atom is 0.407 e. The molecule has 2 aromatic rings. The van der Waals surface area contributed by atoms with Gasteiger partial charge in [-0.3, -0.25) is 19.8 Å². The first-order valence-electron chi connectivity index (χ1n) is 16.0. The number of nitrogens with one attached hydrogen (secondary N) is 4. The average Bonchev–Trinajstić information content (AvgIpc) is 3.01. The molecule has 0 saturated carbocycles. The highest BCUT2D eigenvalue weighted by Gasteiger charge is 2.41. The smallest absolute Gasteiger partial charge is 0.407 e. The van der Waals surface area contributed by atoms with E-state index in [1.807, 2.05) is 96.1 Å². The summed E-state index contributed by atoms with van der Waals surface area (Å²) in [6.07, 6.45) is 1.15. The Morgan fingerprint density at radius 3 is 2.02 bits per heavy atom. The Morgan fingerprint density at radius 2 is 1.48 bits per heavy atom. The molecular formula is C36H52BrN5O6. The highest BCUT2D eigenvalue weighted by molar-refractivity contribution is 9.10. The van der Waals surface area contributed by atoms with Crippen LogP contribution < -0.4 is 21.4 Å². The van der Waals surface area contributed by atoms with Crippen LogP contribution in [0.2, 0.25) is 0 Å². The number of halogens is 1. The molecule has 0 saturated heterocycles. The van der Waals surface area contributed by atoms with Gasteiger partial charge in [0.25, 0.3) is 11.8 Å². The minimum atomic E-state index is -1.88. The molecule has 0 fully saturated rings. The van der Waals surface area contributed by atoms with Crippen molar-refractivity contribution >= 4 is 39.7 Å². The number of ether oxygens (including phenoxy) is 1. The van der Waals surface area contributed by atoms with E-state index in [4.69, 9.17) is 4.74 Å². The number of amides is 4. The fourth-order valence-electron chi connectivity index (χ4n) is 5.05. The Kier molecular flexibility index (Phi) is 15.3. The Labute approximate surface area is 293 Å². The van der Waals surface area contributed by atoms with Gasteiger partial charge < -0.3 is 25.8 Å². The van der Waals surface area contributed by atoms with Crippen molar-refractivity contribution in [1.82, 2.24) is 26.4 Å². The van der Waals surface area contributed by atoms with Gasteiger partial charge in [0.15, 0.2) is 0 Å². The first-order valence-corrected chi connectivity index (χ1v) is 16.8. The van der Waals surface area contributed by atoms with Crippen LogP contribution in [0.1, 0.15) is 65.5 Å². The number of aliphatic hydroxyl groups is 1. The van der Waals surface area contributed by atoms with Crippen LogP contribution in [0.3, 0.4) is 0 Å². The van der Waals surface area contributed by atoms with Crippen LogP contribution in [0.4, 0.5) is 4.79 Å². The molecule has 264 valence electrons. The molecule has 48 heavy (non-hydrogen) atoms. The molecule has 2 aromatic carbocycles. The lowest BCUT2D eigenvalue weighted by Gasteiger charge is -2.35. The topological polar surface area (TPSA) is 149 Å². The fraction of sp³-hybridized carbons (Fsp3) is 0.500. The number of benzene rings is 2. The largest absolute Gasteiger partial charge is 0.453 e. The van der Waals surface area contributed by atoms with Crippen molar-refractivity contribution in [2.24, 2.45) is 10.8 Å². The molecule has 11 nitrogen and oxygen atoms in total. The third-order valence-corrected chi connectivity index (χ3v) is 8.26. The van der Waals surface area contributed by atoms with Crippen molar-refractivity contribution in [3.05, 3.63) is 82.9 Å². The lowest BCUT2D eigenvalue weighted by molar-refractivity contribution is -0.145. The van der Waals surface area contributed by atoms with E-state index in [1.54, 1.807) is 11.1 Å². The first-order chi connectivity index (χ1) is 22.4. The van der Waals surface area contributed by atoms with E-state index in [0.29, 0.717) is 13.0 Å². The van der Waals surface area contributed by atoms with E-state index >= 15 is 0 Å². The normalized spacial score (nSPS) is 14.2. The van der Waals surface area contributed by atoms with Gasteiger partial charge in [-0.05, 0) is 46.9 Å². The number of alkyl carbamates (subject to hydrolysis) is 1. The van der Waals surface area contributed by atoms with Gasteiger partial charge in [0.2, 0.25) is 5.91 Å². The molecule has 12 heteroatoms. The second kappa shape index (κ2) is 18.1. The zero-order chi connectivity index (χ0) is 36.1. The second-order valence-corrected chi connectivity index (χ2v) is 15.0. The molecule has 0 spiro atoms. The third kappa shape index (κ3) is 13.0. The van der Waals surface area contributed by atoms with E-state index in [-0.39, 0.29) is 31.8 Å². The molecule has 0 heterocycles. The van der Waals surface area contributed by atoms with E-state index in [0.717, 1.165) is 15.6 Å². The zero-order valence-electron chi connectivity index (χ0n) is 29.2. The van der Waals surface area contributed by atoms with Crippen LogP contribution in [0.25, 0.3) is 0 Å². The Hall–Kier alpha value is -3.74. The van der Waals surface area contributed by atoms with Gasteiger partial charge in [0, 0.05) is 30.5 Å². The fourth-order valence-corrected chi connectivity index (χ4v) is 5.32. The summed E-state index contributed by atoms with van der Waals surface area (Å²) in [4.78, 5) is 52.6. The molecule has 2 rings (SSSR count). The predicted molar refractivity (Wildman–Crippen MR) is 190 cm³/mol. The summed E-state index contributed by atoms with van der Waals surface area (Å²) < 4.78 is 5.65. The average molecular weight is 731 g/mol. The molecule has 0 bridgehead atoms. The molecule has 0 aliphatic heterocycles. The summed E-state index contributed by atoms with van der Waals surface area (Å²) in [5, 5.41) is 21.9. The Morgan fingerprint density at radius 1 is 0.896 bits per heavy atom. The van der Waals surface area contributed by atoms with Gasteiger partial charge in [-0.2, -0.15) is 0 Å². The molecule has 5 N–H and O–H groups in total. The summed E-state index contributed by atoms with van der Waals surface area (Å²) in [5.74, 6) is -1.49. The number of hydrazine groups is 1. The molecule has 3 atom stereocenters. The van der Waals surface area contributed by atoms with Crippen LogP contribution in [-0.2, 0) is 32.1 Å². The van der Waals surface area contributed by atoms with Gasteiger partial charge in [-0.25, -0.2) is 9.80 Å². The van der Waals surface area contributed by atoms with Gasteiger partial charge in [0.05, 0.1) is 7.11 Å². The summed E-state index contributed by atoms with van der Waals surface area (Å²) >= 11 is 3.45. The van der Waals surface area contributed by atoms with Crippen LogP contribution >= 0.6 is 15.9 Å². The first kappa shape index (κ1) is 40.4. The number of hydrogen-bond acceptors (Lipinski definition) is 7. The van der Waals surface area contributed by atoms with E-state index in [1.165, 1.54) is 7.11 Å². The number of hydrogen-bond donors (Lipinski definition) is 5. The Bertz CT molecular complexity index is 1370. The van der Waals surface area contributed by atoms with Gasteiger partial charge in [-0.1, -0.05) is 106 Å². The van der Waals surface area contributed by atoms with Gasteiger partial charge >= 0.3 is 6.09 Å². The Balaban J connectivity index is 2.36. The summed E-state index contributed by atoms with van der Waals surface area (Å²) in [5.41, 5.74) is 1.42. The van der Waals surface area contributed by atoms with Crippen LogP contribution in [0, 0.1) is 10.8 Å². The highest BCUT2D eigenvalue weighted by atomic mass is 79.9. The molecule has 0 radical (unpaired) electrons. The quantitative estimate of drug-likeness (QED) is 0.125. The van der Waals surface area contributed by atoms with E-state index < -0.39 is 46.4 Å². The maximum atomic E-state index is 13.9. The lowest BCUT2D eigenvalue weighted by Crippen LogP contribution is -2.59. The van der Waals surface area contributed by atoms with Gasteiger partial charge in [0.1, 0.15) is 17.7 Å². The van der Waals surface area contributed by atoms with Crippen LogP contribution in [-0.4, -0.2) is 71.8 Å². The van der Waals surface area contributed by atoms with Crippen molar-refractivity contribution < 1.29 is 29.0 Å². The van der Waals surface area contributed by atoms with Crippen molar-refractivity contribution in [2.75, 3.05) is 20.2 Å². The minimum absolute atomic E-state index is 0.0129. The van der Waals surface area contributed by atoms with E-state index in [2.05, 4.69) is 43.9 Å². The SMILES string of the molecule is C=CCNC(=O)[C@@H](NC(=O)[C@@](O)(CCCN(Cc1ccc(Br)cc1)NC(=O)[C@@H](NC(=O)OC)C(C)(C)C)Cc1ccccc1)C(C)(C)C. The van der Waals surface area contributed by atoms with Crippen molar-refractivity contribution in [3.63, 3.8) is 0 Å². The van der Waals surface area contributed by atoms with E-state index in [9.17, 15) is 24.3 Å². The summed E-state index contributed by atoms with van der Waals surface area (Å²) in [7, 11) is 1.23. The lowest BCUT2D eigenvalue weighted by atomic mass is 9.84. The number of nitrogens with zero attached hydrogens (tertiary/aromatic N) is 1. The van der Waals surface area contributed by atoms with Gasteiger partial charge in [-0.15, -0.1) is 6.58 Å². The standard InChI is InChI=1S/C36H52BrN5O6/c1-9-21-38-30(43)28(34(2,3)4)39-32(45)36(47,23-25-14-11-10-12-15-25)20-13-22-42(24-26-16-18-27(37)19-17-26)41-31(44)29(35(5,6)7)40-33(46)48-8/h9-12,14-19,28-29,47H,1,13,20-24H2,2-8H3,(H,38,43)(H,39,45)(H,40,46)(H,41,44)/t28-,29-,36-/m1/s1.